The van der Waals surface area contributed by atoms with Gasteiger partial charge in [-0.15, -0.1) is 6.58 Å². The molecule has 0 spiro atoms. The van der Waals surface area contributed by atoms with Gasteiger partial charge in [-0.2, -0.15) is 0 Å². The number of nitro groups is 1. The molecule has 364 valence electrons. The van der Waals surface area contributed by atoms with Gasteiger partial charge in [0.25, 0.3) is 5.69 Å². The highest BCUT2D eigenvalue weighted by Gasteiger charge is 2.65. The maximum absolute atomic E-state index is 15.3. The second-order valence-corrected chi connectivity index (χ2v) is 18.1. The number of hydrogen-bond donors (Lipinski definition) is 2. The summed E-state index contributed by atoms with van der Waals surface area (Å²) in [7, 11) is 0. The molecule has 6 atom stereocenters. The number of fused-ring (bicyclic) bond motifs is 4. The molecule has 2 N–H and O–H groups in total. The minimum Gasteiger partial charge on any atom is -0.459 e. The molecule has 2 aliphatic heterocycles. The van der Waals surface area contributed by atoms with Crippen molar-refractivity contribution in [2.45, 2.75) is 76.2 Å². The molecule has 14 nitrogen and oxygen atoms in total. The minimum absolute atomic E-state index is 0.00333. The highest BCUT2D eigenvalue weighted by atomic mass is 16.7. The van der Waals surface area contributed by atoms with Crippen molar-refractivity contribution in [2.75, 3.05) is 33.2 Å². The smallest absolute Gasteiger partial charge is 0.269 e. The summed E-state index contributed by atoms with van der Waals surface area (Å²) in [5.74, 6) is 0.384. The molecular formula is C56H59N3O11. The molecule has 0 unspecified atom stereocenters. The Balaban J connectivity index is 1.22. The van der Waals surface area contributed by atoms with E-state index >= 15 is 4.79 Å². The van der Waals surface area contributed by atoms with Crippen molar-refractivity contribution in [1.82, 2.24) is 4.90 Å². The number of aliphatic hydroxyl groups is 2. The standard InChI is InChI=1S/C56H59N3O11/c1-3-29-67-56-52(58(35-38-17-24-50-51(30-38)66-36-65-50)53(62)26-18-37-15-20-42(21-16-37)59(63)64)34-48(57-68-4-2)46-32-41(13-7-9-27-60)45(14-8-10-28-61)54(55(46)56)47-33-44(23-25-49(47)70-56)69-43-22-19-39-11-5-6-12-40(39)31-43/h3,5-6,11-12,15-26,30-33,41,45,52,54-55,60-61H,1,4,7-10,13-14,27-29,34-36H2,2H3/t41-,45+,52-,54+,55+,56+/m0/s1. The topological polar surface area (TPSA) is 172 Å². The fourth-order valence-electron chi connectivity index (χ4n) is 10.8. The molecule has 2 heterocycles. The number of benzene rings is 5. The maximum atomic E-state index is 15.3. The lowest BCUT2D eigenvalue weighted by atomic mass is 9.55. The van der Waals surface area contributed by atoms with Crippen LogP contribution in [0.2, 0.25) is 0 Å². The highest BCUT2D eigenvalue weighted by molar-refractivity contribution is 6.03. The Labute approximate surface area is 407 Å². The quantitative estimate of drug-likeness (QED) is 0.0236. The molecular weight excluding hydrogens is 891 g/mol. The summed E-state index contributed by atoms with van der Waals surface area (Å²) < 4.78 is 32.8. The fraction of sp³-hybridized carbons (Fsp3) is 0.357. The maximum Gasteiger partial charge on any atom is 0.269 e. The molecule has 0 aromatic heterocycles. The number of nitrogens with zero attached hydrogens (tertiary/aromatic N) is 3. The van der Waals surface area contributed by atoms with E-state index in [0.29, 0.717) is 59.5 Å². The molecule has 0 saturated heterocycles. The molecule has 14 heteroatoms. The van der Waals surface area contributed by atoms with Crippen LogP contribution in [0.25, 0.3) is 16.8 Å². The number of nitro benzene ring substituents is 1. The van der Waals surface area contributed by atoms with Crippen molar-refractivity contribution in [2.24, 2.45) is 22.9 Å². The summed E-state index contributed by atoms with van der Waals surface area (Å²) in [5, 5.41) is 38.5. The zero-order chi connectivity index (χ0) is 48.6. The van der Waals surface area contributed by atoms with E-state index in [-0.39, 0.29) is 68.9 Å². The van der Waals surface area contributed by atoms with Gasteiger partial charge in [-0.25, -0.2) is 0 Å². The Morgan fingerprint density at radius 1 is 0.900 bits per heavy atom. The van der Waals surface area contributed by atoms with Crippen LogP contribution < -0.4 is 18.9 Å². The number of rotatable bonds is 21. The first-order valence-corrected chi connectivity index (χ1v) is 24.2. The van der Waals surface area contributed by atoms with Crippen LogP contribution in [0.1, 0.15) is 74.5 Å². The van der Waals surface area contributed by atoms with Gasteiger partial charge in [-0.1, -0.05) is 66.5 Å². The van der Waals surface area contributed by atoms with Crippen LogP contribution in [-0.4, -0.2) is 76.7 Å². The van der Waals surface area contributed by atoms with Gasteiger partial charge < -0.3 is 43.6 Å². The predicted octanol–water partition coefficient (Wildman–Crippen LogP) is 10.7. The molecule has 1 fully saturated rings. The molecule has 9 rings (SSSR count). The first-order chi connectivity index (χ1) is 34.2. The van der Waals surface area contributed by atoms with Crippen molar-refractivity contribution in [3.05, 3.63) is 160 Å². The molecule has 5 aromatic carbocycles. The van der Waals surface area contributed by atoms with Crippen molar-refractivity contribution < 1.29 is 48.5 Å². The fourth-order valence-corrected chi connectivity index (χ4v) is 10.8. The Morgan fingerprint density at radius 2 is 1.64 bits per heavy atom. The number of carbonyl (C=O) groups is 1. The number of ether oxygens (including phenoxy) is 5. The number of unbranched alkanes of at least 4 members (excludes halogenated alkanes) is 2. The van der Waals surface area contributed by atoms with Gasteiger partial charge in [0, 0.05) is 55.9 Å². The second-order valence-electron chi connectivity index (χ2n) is 18.1. The van der Waals surface area contributed by atoms with Crippen molar-refractivity contribution in [3.8, 4) is 28.7 Å². The van der Waals surface area contributed by atoms with Gasteiger partial charge in [-0.05, 0) is 133 Å². The lowest BCUT2D eigenvalue weighted by Gasteiger charge is -2.60. The SMILES string of the molecule is C=CCO[C@@]12Oc3ccc(Oc4ccc5ccccc5c4)cc3[C@H]3[C@H](CCCCO)[C@@H](CCCCO)C=C(C(=NOCC)C[C@@H]1N(Cc1ccc4c(c1)OCO4)C(=O)C=Cc1ccc([N+](=O)[O-])cc1)[C@H]32. The van der Waals surface area contributed by atoms with Gasteiger partial charge in [-0.3, -0.25) is 14.9 Å². The third kappa shape index (κ3) is 10.0. The number of hydrogen-bond acceptors (Lipinski definition) is 12. The average Bonchev–Trinajstić information content (AvgIpc) is 3.85. The van der Waals surface area contributed by atoms with Gasteiger partial charge >= 0.3 is 0 Å². The van der Waals surface area contributed by atoms with E-state index in [4.69, 9.17) is 33.7 Å². The lowest BCUT2D eigenvalue weighted by Crippen LogP contribution is -2.70. The Morgan fingerprint density at radius 3 is 2.41 bits per heavy atom. The Kier molecular flexibility index (Phi) is 14.9. The average molecular weight is 950 g/mol. The number of allylic oxidation sites excluding steroid dienone is 1. The Bertz CT molecular complexity index is 2790. The summed E-state index contributed by atoms with van der Waals surface area (Å²) >= 11 is 0. The third-order valence-electron chi connectivity index (χ3n) is 13.9. The Hall–Kier alpha value is -7.00. The van der Waals surface area contributed by atoms with Crippen LogP contribution in [0.4, 0.5) is 5.69 Å². The van der Waals surface area contributed by atoms with Gasteiger partial charge in [0.1, 0.15) is 29.9 Å². The van der Waals surface area contributed by atoms with Crippen LogP contribution in [0.5, 0.6) is 28.7 Å². The van der Waals surface area contributed by atoms with E-state index in [1.807, 2.05) is 67.6 Å². The van der Waals surface area contributed by atoms with E-state index in [1.54, 1.807) is 29.2 Å². The van der Waals surface area contributed by atoms with E-state index in [0.717, 1.165) is 53.2 Å². The molecule has 70 heavy (non-hydrogen) atoms. The van der Waals surface area contributed by atoms with Crippen LogP contribution in [0.15, 0.2) is 139 Å². The number of non-ortho nitro benzene ring substituents is 1. The highest BCUT2D eigenvalue weighted by Crippen LogP contribution is 2.62. The molecule has 0 bridgehead atoms. The van der Waals surface area contributed by atoms with E-state index < -0.39 is 22.7 Å². The lowest BCUT2D eigenvalue weighted by molar-refractivity contribution is -0.384. The van der Waals surface area contributed by atoms with E-state index in [2.05, 4.69) is 30.9 Å². The number of amides is 1. The van der Waals surface area contributed by atoms with Crippen molar-refractivity contribution >= 4 is 34.2 Å². The van der Waals surface area contributed by atoms with Gasteiger partial charge in [0.05, 0.1) is 23.2 Å². The zero-order valence-electron chi connectivity index (χ0n) is 39.3. The van der Waals surface area contributed by atoms with E-state index in [9.17, 15) is 20.3 Å². The minimum atomic E-state index is -1.53. The second kappa shape index (κ2) is 21.7. The molecule has 2 aliphatic carbocycles. The van der Waals surface area contributed by atoms with Gasteiger partial charge in [0.2, 0.25) is 18.5 Å². The molecule has 1 saturated carbocycles. The molecule has 0 radical (unpaired) electrons. The normalized spacial score (nSPS) is 22.5. The predicted molar refractivity (Wildman–Crippen MR) is 266 cm³/mol. The zero-order valence-corrected chi connectivity index (χ0v) is 39.3. The van der Waals surface area contributed by atoms with Gasteiger partial charge in [0.15, 0.2) is 11.5 Å². The van der Waals surface area contributed by atoms with Crippen molar-refractivity contribution in [3.63, 3.8) is 0 Å². The third-order valence-corrected chi connectivity index (χ3v) is 13.9. The van der Waals surface area contributed by atoms with Crippen LogP contribution in [-0.2, 0) is 20.9 Å². The summed E-state index contributed by atoms with van der Waals surface area (Å²) in [6, 6.07) is 30.9. The number of aliphatic hydroxyl groups excluding tert-OH is 2. The van der Waals surface area contributed by atoms with E-state index in [1.165, 1.54) is 18.2 Å². The van der Waals surface area contributed by atoms with Crippen molar-refractivity contribution in [1.29, 1.82) is 0 Å². The molecule has 5 aromatic rings. The molecule has 4 aliphatic rings. The van der Waals surface area contributed by atoms with Crippen LogP contribution >= 0.6 is 0 Å². The summed E-state index contributed by atoms with van der Waals surface area (Å²) in [4.78, 5) is 34.0. The number of carbonyl (C=O) groups excluding carboxylic acids is 1. The van der Waals surface area contributed by atoms with Crippen LogP contribution in [0, 0.1) is 27.9 Å². The molecule has 1 amide bonds. The first-order valence-electron chi connectivity index (χ1n) is 24.2. The summed E-state index contributed by atoms with van der Waals surface area (Å²) in [5.41, 5.74) is 3.81. The summed E-state index contributed by atoms with van der Waals surface area (Å²) in [6.07, 6.45) is 11.7. The summed E-state index contributed by atoms with van der Waals surface area (Å²) in [6.45, 7) is 6.67. The number of oxime groups is 1. The largest absolute Gasteiger partial charge is 0.459 e. The first kappa shape index (κ1) is 48.0. The monoisotopic (exact) mass is 949 g/mol. The van der Waals surface area contributed by atoms with Crippen LogP contribution in [0.3, 0.4) is 0 Å².